The fraction of sp³-hybridized carbons (Fsp3) is 0.600. The minimum Gasteiger partial charge on any atom is -0.385 e. The number of halogens is 2. The van der Waals surface area contributed by atoms with Crippen molar-refractivity contribution in [2.75, 3.05) is 0 Å². The highest BCUT2D eigenvalue weighted by Crippen LogP contribution is 2.43. The minimum absolute atomic E-state index is 0.143. The number of benzene rings is 1. The standard InChI is InChI=1S/C15H20F2O/c1-10(2)11-5-4-8-15(18,9-11)14-12(16)6-3-7-13(14)17/h3,6-7,10-11,18H,4-5,8-9H2,1-2H3. The Hall–Kier alpha value is -0.960. The van der Waals surface area contributed by atoms with E-state index in [1.54, 1.807) is 0 Å². The van der Waals surface area contributed by atoms with Crippen molar-refractivity contribution in [3.05, 3.63) is 35.4 Å². The topological polar surface area (TPSA) is 20.2 Å². The summed E-state index contributed by atoms with van der Waals surface area (Å²) in [5, 5.41) is 10.6. The third kappa shape index (κ3) is 2.41. The first-order valence-corrected chi connectivity index (χ1v) is 6.61. The molecule has 0 radical (unpaired) electrons. The van der Waals surface area contributed by atoms with E-state index in [9.17, 15) is 13.9 Å². The van der Waals surface area contributed by atoms with Gasteiger partial charge in [-0.3, -0.25) is 0 Å². The molecule has 1 saturated carbocycles. The molecule has 0 spiro atoms. The average molecular weight is 254 g/mol. The Morgan fingerprint density at radius 1 is 1.28 bits per heavy atom. The van der Waals surface area contributed by atoms with E-state index in [1.807, 2.05) is 0 Å². The highest BCUT2D eigenvalue weighted by molar-refractivity contribution is 5.27. The second-order valence-corrected chi connectivity index (χ2v) is 5.73. The molecule has 1 nitrogen and oxygen atoms in total. The molecule has 1 aliphatic rings. The van der Waals surface area contributed by atoms with E-state index in [-0.39, 0.29) is 5.56 Å². The van der Waals surface area contributed by atoms with Gasteiger partial charge < -0.3 is 5.11 Å². The molecule has 0 heterocycles. The summed E-state index contributed by atoms with van der Waals surface area (Å²) in [5.74, 6) is -0.529. The van der Waals surface area contributed by atoms with Crippen LogP contribution in [-0.2, 0) is 5.60 Å². The zero-order chi connectivity index (χ0) is 13.3. The summed E-state index contributed by atoms with van der Waals surface area (Å²) in [5.41, 5.74) is -1.49. The van der Waals surface area contributed by atoms with Gasteiger partial charge in [-0.05, 0) is 49.7 Å². The lowest BCUT2D eigenvalue weighted by molar-refractivity contribution is -0.0349. The molecule has 1 aromatic rings. The second kappa shape index (κ2) is 4.96. The van der Waals surface area contributed by atoms with Crippen molar-refractivity contribution in [3.63, 3.8) is 0 Å². The van der Waals surface area contributed by atoms with E-state index in [1.165, 1.54) is 18.2 Å². The smallest absolute Gasteiger partial charge is 0.132 e. The summed E-state index contributed by atoms with van der Waals surface area (Å²) in [7, 11) is 0. The van der Waals surface area contributed by atoms with Crippen LogP contribution in [0.5, 0.6) is 0 Å². The van der Waals surface area contributed by atoms with Crippen LogP contribution in [0, 0.1) is 23.5 Å². The van der Waals surface area contributed by atoms with Gasteiger partial charge in [0.15, 0.2) is 0 Å². The summed E-state index contributed by atoms with van der Waals surface area (Å²) in [6.07, 6.45) is 2.72. The van der Waals surface area contributed by atoms with Gasteiger partial charge in [0, 0.05) is 0 Å². The maximum absolute atomic E-state index is 13.8. The van der Waals surface area contributed by atoms with E-state index in [2.05, 4.69) is 13.8 Å². The Kier molecular flexibility index (Phi) is 3.71. The summed E-state index contributed by atoms with van der Waals surface area (Å²) in [6.45, 7) is 4.18. The quantitative estimate of drug-likeness (QED) is 0.845. The summed E-state index contributed by atoms with van der Waals surface area (Å²) in [6, 6.07) is 3.77. The molecule has 2 unspecified atom stereocenters. The van der Waals surface area contributed by atoms with E-state index < -0.39 is 17.2 Å². The molecule has 1 aliphatic carbocycles. The Morgan fingerprint density at radius 2 is 1.89 bits per heavy atom. The fourth-order valence-electron chi connectivity index (χ4n) is 3.03. The van der Waals surface area contributed by atoms with Crippen LogP contribution in [0.25, 0.3) is 0 Å². The van der Waals surface area contributed by atoms with Crippen LogP contribution in [-0.4, -0.2) is 5.11 Å². The molecule has 0 saturated heterocycles. The Morgan fingerprint density at radius 3 is 2.44 bits per heavy atom. The van der Waals surface area contributed by atoms with Crippen LogP contribution >= 0.6 is 0 Å². The van der Waals surface area contributed by atoms with Crippen molar-refractivity contribution in [3.8, 4) is 0 Å². The van der Waals surface area contributed by atoms with Crippen LogP contribution < -0.4 is 0 Å². The zero-order valence-electron chi connectivity index (χ0n) is 10.9. The third-order valence-electron chi connectivity index (χ3n) is 4.14. The lowest BCUT2D eigenvalue weighted by atomic mass is 9.70. The number of aliphatic hydroxyl groups is 1. The first-order chi connectivity index (χ1) is 8.44. The molecule has 0 aromatic heterocycles. The summed E-state index contributed by atoms with van der Waals surface area (Å²) < 4.78 is 27.6. The van der Waals surface area contributed by atoms with Crippen molar-refractivity contribution >= 4 is 0 Å². The van der Waals surface area contributed by atoms with Crippen molar-refractivity contribution in [2.45, 2.75) is 45.1 Å². The van der Waals surface area contributed by atoms with Gasteiger partial charge >= 0.3 is 0 Å². The van der Waals surface area contributed by atoms with Crippen LogP contribution in [0.3, 0.4) is 0 Å². The van der Waals surface area contributed by atoms with Crippen LogP contribution in [0.1, 0.15) is 45.1 Å². The second-order valence-electron chi connectivity index (χ2n) is 5.73. The van der Waals surface area contributed by atoms with Gasteiger partial charge in [0.25, 0.3) is 0 Å². The van der Waals surface area contributed by atoms with E-state index in [4.69, 9.17) is 0 Å². The molecule has 100 valence electrons. The largest absolute Gasteiger partial charge is 0.385 e. The molecule has 1 fully saturated rings. The molecule has 3 heteroatoms. The predicted octanol–water partition coefficient (Wildman–Crippen LogP) is 4.00. The molecule has 2 rings (SSSR count). The fourth-order valence-corrected chi connectivity index (χ4v) is 3.03. The van der Waals surface area contributed by atoms with E-state index >= 15 is 0 Å². The van der Waals surface area contributed by atoms with Crippen LogP contribution in [0.15, 0.2) is 18.2 Å². The Labute approximate surface area is 107 Å². The van der Waals surface area contributed by atoms with Gasteiger partial charge in [-0.25, -0.2) is 8.78 Å². The first-order valence-electron chi connectivity index (χ1n) is 6.61. The van der Waals surface area contributed by atoms with E-state index in [0.29, 0.717) is 24.7 Å². The maximum atomic E-state index is 13.8. The van der Waals surface area contributed by atoms with Gasteiger partial charge in [-0.2, -0.15) is 0 Å². The normalized spacial score (nSPS) is 28.7. The maximum Gasteiger partial charge on any atom is 0.132 e. The molecule has 0 aliphatic heterocycles. The van der Waals surface area contributed by atoms with Crippen LogP contribution in [0.4, 0.5) is 8.78 Å². The van der Waals surface area contributed by atoms with Gasteiger partial charge in [0.1, 0.15) is 11.6 Å². The molecule has 0 bridgehead atoms. The summed E-state index contributed by atoms with van der Waals surface area (Å²) in [4.78, 5) is 0. The van der Waals surface area contributed by atoms with Crippen molar-refractivity contribution in [1.82, 2.24) is 0 Å². The number of hydrogen-bond acceptors (Lipinski definition) is 1. The van der Waals surface area contributed by atoms with Crippen molar-refractivity contribution < 1.29 is 13.9 Å². The third-order valence-corrected chi connectivity index (χ3v) is 4.14. The van der Waals surface area contributed by atoms with Gasteiger partial charge in [-0.15, -0.1) is 0 Å². The molecule has 1 N–H and O–H groups in total. The van der Waals surface area contributed by atoms with Gasteiger partial charge in [0.2, 0.25) is 0 Å². The SMILES string of the molecule is CC(C)C1CCCC(O)(c2c(F)cccc2F)C1. The molecule has 1 aromatic carbocycles. The highest BCUT2D eigenvalue weighted by atomic mass is 19.1. The Bertz CT molecular complexity index is 410. The first kappa shape index (κ1) is 13.5. The molecule has 18 heavy (non-hydrogen) atoms. The molecular formula is C15H20F2O. The van der Waals surface area contributed by atoms with E-state index in [0.717, 1.165) is 12.8 Å². The number of hydrogen-bond donors (Lipinski definition) is 1. The molecule has 2 atom stereocenters. The Balaban J connectivity index is 2.36. The molecular weight excluding hydrogens is 234 g/mol. The highest BCUT2D eigenvalue weighted by Gasteiger charge is 2.40. The number of rotatable bonds is 2. The lowest BCUT2D eigenvalue weighted by Crippen LogP contribution is -2.36. The zero-order valence-corrected chi connectivity index (χ0v) is 10.9. The molecule has 0 amide bonds. The van der Waals surface area contributed by atoms with Crippen molar-refractivity contribution in [2.24, 2.45) is 11.8 Å². The summed E-state index contributed by atoms with van der Waals surface area (Å²) >= 11 is 0. The van der Waals surface area contributed by atoms with Crippen molar-refractivity contribution in [1.29, 1.82) is 0 Å². The lowest BCUT2D eigenvalue weighted by Gasteiger charge is -2.39. The van der Waals surface area contributed by atoms with Gasteiger partial charge in [0.05, 0.1) is 11.2 Å². The average Bonchev–Trinajstić information content (AvgIpc) is 2.28. The predicted molar refractivity (Wildman–Crippen MR) is 67.1 cm³/mol. The van der Waals surface area contributed by atoms with Gasteiger partial charge in [-0.1, -0.05) is 19.9 Å². The van der Waals surface area contributed by atoms with Crippen LogP contribution in [0.2, 0.25) is 0 Å². The monoisotopic (exact) mass is 254 g/mol. The minimum atomic E-state index is -1.34.